The van der Waals surface area contributed by atoms with Gasteiger partial charge in [0.25, 0.3) is 5.91 Å². The van der Waals surface area contributed by atoms with Crippen molar-refractivity contribution < 1.29 is 33.8 Å². The van der Waals surface area contributed by atoms with Crippen molar-refractivity contribution in [3.8, 4) is 5.75 Å². The number of urea groups is 1. The molecule has 4 aromatic rings. The number of carboxylic acids is 1. The molecule has 0 spiro atoms. The van der Waals surface area contributed by atoms with Crippen molar-refractivity contribution in [2.45, 2.75) is 13.3 Å². The van der Waals surface area contributed by atoms with Gasteiger partial charge in [-0.3, -0.25) is 19.2 Å². The van der Waals surface area contributed by atoms with Gasteiger partial charge in [0.1, 0.15) is 12.3 Å². The standard InChI is InChI=1S/C36H37N5O7/c1-25-10-7-15-29(18-25)40(3)34(44)24-48-31-17-9-16-30(21-31)41(23-33(43)39(2)28-13-5-4-6-14-28)32(42)22-37-36(47)38-27-12-8-11-26(19-27)20-35(45)46/h4-19,21H,20,22-24H2,1-3H3,(H,45,46)(H2,37,38,47). The SMILES string of the molecule is Cc1cccc(N(C)C(=O)COc2cccc(N(CC(=O)N(C)c3ccccc3)C(=O)CNC(=O)Nc3cccc(CC(=O)O)c3)c2)c1. The molecule has 0 radical (unpaired) electrons. The number of carboxylic acid groups (broad SMARTS) is 1. The number of carbonyl (C=O) groups excluding carboxylic acids is 4. The first-order valence-electron chi connectivity index (χ1n) is 15.0. The van der Waals surface area contributed by atoms with Gasteiger partial charge in [-0.2, -0.15) is 0 Å². The van der Waals surface area contributed by atoms with Crippen molar-refractivity contribution in [1.82, 2.24) is 5.32 Å². The first kappa shape index (κ1) is 34.7. The fourth-order valence-corrected chi connectivity index (χ4v) is 4.68. The second-order valence-electron chi connectivity index (χ2n) is 10.9. The molecule has 3 N–H and O–H groups in total. The number of hydrogen-bond donors (Lipinski definition) is 3. The number of anilines is 4. The minimum Gasteiger partial charge on any atom is -0.484 e. The van der Waals surface area contributed by atoms with Crippen molar-refractivity contribution >= 4 is 52.5 Å². The van der Waals surface area contributed by atoms with Crippen LogP contribution in [0.1, 0.15) is 11.1 Å². The molecule has 0 saturated carbocycles. The van der Waals surface area contributed by atoms with E-state index in [2.05, 4.69) is 10.6 Å². The van der Waals surface area contributed by atoms with E-state index in [0.29, 0.717) is 28.4 Å². The predicted molar refractivity (Wildman–Crippen MR) is 184 cm³/mol. The zero-order chi connectivity index (χ0) is 34.6. The van der Waals surface area contributed by atoms with Crippen LogP contribution in [0.4, 0.5) is 27.5 Å². The van der Waals surface area contributed by atoms with Crippen molar-refractivity contribution in [3.63, 3.8) is 0 Å². The summed E-state index contributed by atoms with van der Waals surface area (Å²) in [4.78, 5) is 67.6. The molecule has 48 heavy (non-hydrogen) atoms. The Balaban J connectivity index is 1.47. The number of nitrogens with one attached hydrogen (secondary N) is 2. The van der Waals surface area contributed by atoms with E-state index in [4.69, 9.17) is 9.84 Å². The molecule has 0 aromatic heterocycles. The monoisotopic (exact) mass is 651 g/mol. The van der Waals surface area contributed by atoms with Gasteiger partial charge in [0.15, 0.2) is 6.61 Å². The third-order valence-corrected chi connectivity index (χ3v) is 7.31. The molecule has 12 nitrogen and oxygen atoms in total. The lowest BCUT2D eigenvalue weighted by Gasteiger charge is -2.26. The summed E-state index contributed by atoms with van der Waals surface area (Å²) < 4.78 is 5.79. The molecule has 0 aliphatic rings. The Kier molecular flexibility index (Phi) is 11.9. The maximum atomic E-state index is 13.6. The predicted octanol–water partition coefficient (Wildman–Crippen LogP) is 4.48. The minimum absolute atomic E-state index is 0.212. The van der Waals surface area contributed by atoms with Crippen LogP contribution < -0.4 is 30.1 Å². The Hall–Kier alpha value is -6.17. The number of amides is 5. The smallest absolute Gasteiger partial charge is 0.319 e. The van der Waals surface area contributed by atoms with Crippen molar-refractivity contribution in [3.05, 3.63) is 114 Å². The van der Waals surface area contributed by atoms with Crippen molar-refractivity contribution in [1.29, 1.82) is 0 Å². The van der Waals surface area contributed by atoms with Crippen molar-refractivity contribution in [2.24, 2.45) is 0 Å². The number of aliphatic carboxylic acids is 1. The number of benzene rings is 4. The highest BCUT2D eigenvalue weighted by atomic mass is 16.5. The number of ether oxygens (including phenoxy) is 1. The summed E-state index contributed by atoms with van der Waals surface area (Å²) in [5.74, 6) is -1.98. The van der Waals surface area contributed by atoms with Crippen LogP contribution in [0.25, 0.3) is 0 Å². The molecular formula is C36H37N5O7. The van der Waals surface area contributed by atoms with Gasteiger partial charge < -0.3 is 35.2 Å². The molecule has 0 aliphatic heterocycles. The summed E-state index contributed by atoms with van der Waals surface area (Å²) in [7, 11) is 3.25. The molecule has 0 saturated heterocycles. The molecule has 5 amide bonds. The molecule has 4 aromatic carbocycles. The fraction of sp³-hybridized carbons (Fsp3) is 0.194. The lowest BCUT2D eigenvalue weighted by molar-refractivity contribution is -0.136. The minimum atomic E-state index is -1.01. The van der Waals surface area contributed by atoms with Gasteiger partial charge in [-0.05, 0) is 66.6 Å². The number of para-hydroxylation sites is 1. The van der Waals surface area contributed by atoms with E-state index >= 15 is 0 Å². The maximum Gasteiger partial charge on any atom is 0.319 e. The molecule has 0 atom stereocenters. The summed E-state index contributed by atoms with van der Waals surface area (Å²) in [5, 5.41) is 14.1. The average Bonchev–Trinajstić information content (AvgIpc) is 3.08. The highest BCUT2D eigenvalue weighted by Crippen LogP contribution is 2.23. The van der Waals surface area contributed by atoms with Gasteiger partial charge in [0.05, 0.1) is 13.0 Å². The average molecular weight is 652 g/mol. The van der Waals surface area contributed by atoms with Crippen molar-refractivity contribution in [2.75, 3.05) is 53.8 Å². The molecule has 248 valence electrons. The van der Waals surface area contributed by atoms with E-state index in [0.717, 1.165) is 11.3 Å². The second kappa shape index (κ2) is 16.4. The number of rotatable bonds is 13. The van der Waals surface area contributed by atoms with Crippen LogP contribution in [-0.4, -0.2) is 68.6 Å². The molecule has 0 heterocycles. The van der Waals surface area contributed by atoms with Gasteiger partial charge in [0.2, 0.25) is 11.8 Å². The first-order valence-corrected chi connectivity index (χ1v) is 15.0. The van der Waals surface area contributed by atoms with Crippen LogP contribution >= 0.6 is 0 Å². The summed E-state index contributed by atoms with van der Waals surface area (Å²) >= 11 is 0. The Morgan fingerprint density at radius 2 is 1.38 bits per heavy atom. The quantitative estimate of drug-likeness (QED) is 0.193. The molecule has 0 fully saturated rings. The first-order chi connectivity index (χ1) is 23.0. The van der Waals surface area contributed by atoms with Crippen LogP contribution in [-0.2, 0) is 25.6 Å². The number of carbonyl (C=O) groups is 5. The molecule has 0 unspecified atom stereocenters. The number of nitrogens with zero attached hydrogens (tertiary/aromatic N) is 3. The lowest BCUT2D eigenvalue weighted by Crippen LogP contribution is -2.46. The summed E-state index contributed by atoms with van der Waals surface area (Å²) in [6.07, 6.45) is -0.212. The highest BCUT2D eigenvalue weighted by molar-refractivity contribution is 6.05. The Morgan fingerprint density at radius 3 is 2.10 bits per heavy atom. The van der Waals surface area contributed by atoms with Crippen LogP contribution in [0, 0.1) is 6.92 Å². The summed E-state index contributed by atoms with van der Waals surface area (Å²) in [5.41, 5.74) is 3.52. The van der Waals surface area contributed by atoms with E-state index in [1.54, 1.807) is 80.8 Å². The molecule has 4 rings (SSSR count). The van der Waals surface area contributed by atoms with E-state index < -0.39 is 30.4 Å². The number of likely N-dealkylation sites (N-methyl/N-ethyl adjacent to an activating group) is 2. The number of aryl methyl sites for hydroxylation is 1. The zero-order valence-corrected chi connectivity index (χ0v) is 26.9. The zero-order valence-electron chi connectivity index (χ0n) is 26.9. The molecular weight excluding hydrogens is 614 g/mol. The van der Waals surface area contributed by atoms with Crippen LogP contribution in [0.2, 0.25) is 0 Å². The van der Waals surface area contributed by atoms with Crippen LogP contribution in [0.3, 0.4) is 0 Å². The van der Waals surface area contributed by atoms with Gasteiger partial charge in [-0.15, -0.1) is 0 Å². The summed E-state index contributed by atoms with van der Waals surface area (Å²) in [6, 6.07) is 28.5. The normalized spacial score (nSPS) is 10.4. The topological polar surface area (TPSA) is 149 Å². The lowest BCUT2D eigenvalue weighted by atomic mass is 10.1. The van der Waals surface area contributed by atoms with Gasteiger partial charge in [-0.1, -0.05) is 48.5 Å². The third kappa shape index (κ3) is 9.91. The maximum absolute atomic E-state index is 13.6. The van der Waals surface area contributed by atoms with E-state index in [1.807, 2.05) is 37.3 Å². The van der Waals surface area contributed by atoms with Gasteiger partial charge >= 0.3 is 12.0 Å². The number of hydrogen-bond acceptors (Lipinski definition) is 6. The molecule has 12 heteroatoms. The van der Waals surface area contributed by atoms with Gasteiger partial charge in [0, 0.05) is 42.9 Å². The summed E-state index contributed by atoms with van der Waals surface area (Å²) in [6.45, 7) is 0.841. The third-order valence-electron chi connectivity index (χ3n) is 7.31. The fourth-order valence-electron chi connectivity index (χ4n) is 4.68. The van der Waals surface area contributed by atoms with E-state index in [1.165, 1.54) is 20.8 Å². The van der Waals surface area contributed by atoms with E-state index in [-0.39, 0.29) is 25.5 Å². The van der Waals surface area contributed by atoms with Crippen LogP contribution in [0.5, 0.6) is 5.75 Å². The second-order valence-corrected chi connectivity index (χ2v) is 10.9. The van der Waals surface area contributed by atoms with Gasteiger partial charge in [-0.25, -0.2) is 4.79 Å². The Labute approximate surface area is 278 Å². The molecule has 0 bridgehead atoms. The Bertz CT molecular complexity index is 1780. The highest BCUT2D eigenvalue weighted by Gasteiger charge is 2.23. The largest absolute Gasteiger partial charge is 0.484 e. The van der Waals surface area contributed by atoms with Crippen LogP contribution in [0.15, 0.2) is 103 Å². The molecule has 0 aliphatic carbocycles. The van der Waals surface area contributed by atoms with E-state index in [9.17, 15) is 24.0 Å². The Morgan fingerprint density at radius 1 is 0.708 bits per heavy atom.